The predicted octanol–water partition coefficient (Wildman–Crippen LogP) is 2.83. The summed E-state index contributed by atoms with van der Waals surface area (Å²) in [5.41, 5.74) is 0.441. The molecule has 0 aliphatic heterocycles. The van der Waals surface area contributed by atoms with Gasteiger partial charge >= 0.3 is 0 Å². The van der Waals surface area contributed by atoms with Gasteiger partial charge in [0.25, 0.3) is 0 Å². The minimum absolute atomic E-state index is 0.0489. The number of benzene rings is 1. The van der Waals surface area contributed by atoms with Gasteiger partial charge in [0.2, 0.25) is 0 Å². The molecule has 0 spiro atoms. The van der Waals surface area contributed by atoms with E-state index in [9.17, 15) is 5.11 Å². The van der Waals surface area contributed by atoms with Crippen LogP contribution in [0.15, 0.2) is 30.3 Å². The van der Waals surface area contributed by atoms with Crippen molar-refractivity contribution in [3.63, 3.8) is 0 Å². The van der Waals surface area contributed by atoms with Gasteiger partial charge in [0.15, 0.2) is 0 Å². The lowest BCUT2D eigenvalue weighted by Gasteiger charge is -2.37. The van der Waals surface area contributed by atoms with Crippen LogP contribution in [0.1, 0.15) is 45.6 Å². The minimum Gasteiger partial charge on any atom is -0.394 e. The molecule has 1 aromatic rings. The van der Waals surface area contributed by atoms with Crippen molar-refractivity contribution in [2.75, 3.05) is 13.2 Å². The number of hydrogen-bond donors (Lipinski definition) is 2. The second-order valence-corrected chi connectivity index (χ2v) is 6.43. The highest BCUT2D eigenvalue weighted by Crippen LogP contribution is 2.30. The molecule has 1 unspecified atom stereocenters. The SMILES string of the molecule is CCC(C)(C)OCC(CO)(NC1CC1)c1ccccc1. The molecule has 3 nitrogen and oxygen atoms in total. The number of hydrogen-bond acceptors (Lipinski definition) is 3. The summed E-state index contributed by atoms with van der Waals surface area (Å²) in [6, 6.07) is 10.7. The topological polar surface area (TPSA) is 41.5 Å². The number of aliphatic hydroxyl groups excluding tert-OH is 1. The van der Waals surface area contributed by atoms with Crippen LogP contribution < -0.4 is 5.32 Å². The van der Waals surface area contributed by atoms with Crippen LogP contribution in [0.3, 0.4) is 0 Å². The van der Waals surface area contributed by atoms with E-state index in [2.05, 4.69) is 38.2 Å². The molecular weight excluding hydrogens is 250 g/mol. The molecule has 0 saturated heterocycles. The van der Waals surface area contributed by atoms with Crippen molar-refractivity contribution < 1.29 is 9.84 Å². The zero-order valence-electron chi connectivity index (χ0n) is 12.9. The molecule has 2 rings (SSSR count). The van der Waals surface area contributed by atoms with Crippen molar-refractivity contribution in [1.29, 1.82) is 0 Å². The van der Waals surface area contributed by atoms with Gasteiger partial charge in [0, 0.05) is 6.04 Å². The lowest BCUT2D eigenvalue weighted by molar-refractivity contribution is -0.0639. The monoisotopic (exact) mass is 277 g/mol. The molecule has 0 radical (unpaired) electrons. The summed E-state index contributed by atoms with van der Waals surface area (Å²) >= 11 is 0. The normalized spacial score (nSPS) is 18.8. The summed E-state index contributed by atoms with van der Waals surface area (Å²) in [5.74, 6) is 0. The predicted molar refractivity (Wildman–Crippen MR) is 81.7 cm³/mol. The molecule has 20 heavy (non-hydrogen) atoms. The maximum absolute atomic E-state index is 10.0. The second kappa shape index (κ2) is 6.25. The highest BCUT2D eigenvalue weighted by atomic mass is 16.5. The Kier molecular flexibility index (Phi) is 4.84. The molecule has 1 aliphatic rings. The Morgan fingerprint density at radius 2 is 1.90 bits per heavy atom. The van der Waals surface area contributed by atoms with Gasteiger partial charge in [0.05, 0.1) is 24.4 Å². The Hall–Kier alpha value is -0.900. The minimum atomic E-state index is -0.491. The maximum atomic E-state index is 10.0. The molecule has 1 fully saturated rings. The van der Waals surface area contributed by atoms with Crippen LogP contribution >= 0.6 is 0 Å². The van der Waals surface area contributed by atoms with Crippen LogP contribution in [0.5, 0.6) is 0 Å². The van der Waals surface area contributed by atoms with E-state index in [1.54, 1.807) is 0 Å². The van der Waals surface area contributed by atoms with Gasteiger partial charge in [-0.3, -0.25) is 0 Å². The summed E-state index contributed by atoms with van der Waals surface area (Å²) in [7, 11) is 0. The van der Waals surface area contributed by atoms with E-state index in [-0.39, 0.29) is 12.2 Å². The molecular formula is C17H27NO2. The first-order valence-electron chi connectivity index (χ1n) is 7.59. The fraction of sp³-hybridized carbons (Fsp3) is 0.647. The first-order chi connectivity index (χ1) is 9.51. The summed E-state index contributed by atoms with van der Waals surface area (Å²) in [5, 5.41) is 13.6. The van der Waals surface area contributed by atoms with Crippen LogP contribution in [0.2, 0.25) is 0 Å². The fourth-order valence-corrected chi connectivity index (χ4v) is 2.19. The first kappa shape index (κ1) is 15.5. The van der Waals surface area contributed by atoms with Crippen LogP contribution in [0.4, 0.5) is 0 Å². The van der Waals surface area contributed by atoms with Gasteiger partial charge in [-0.2, -0.15) is 0 Å². The average Bonchev–Trinajstić information content (AvgIpc) is 3.28. The third-order valence-corrected chi connectivity index (χ3v) is 4.21. The van der Waals surface area contributed by atoms with E-state index < -0.39 is 5.54 Å². The zero-order chi connectivity index (χ0) is 14.6. The van der Waals surface area contributed by atoms with Crippen LogP contribution in [0.25, 0.3) is 0 Å². The van der Waals surface area contributed by atoms with E-state index in [1.165, 1.54) is 12.8 Å². The quantitative estimate of drug-likeness (QED) is 0.768. The average molecular weight is 277 g/mol. The molecule has 0 aromatic heterocycles. The Bertz CT molecular complexity index is 414. The van der Waals surface area contributed by atoms with Crippen molar-refractivity contribution in [2.24, 2.45) is 0 Å². The lowest BCUT2D eigenvalue weighted by Crippen LogP contribution is -2.52. The third-order valence-electron chi connectivity index (χ3n) is 4.21. The second-order valence-electron chi connectivity index (χ2n) is 6.43. The van der Waals surface area contributed by atoms with Gasteiger partial charge in [-0.1, -0.05) is 37.3 Å². The van der Waals surface area contributed by atoms with Gasteiger partial charge in [-0.15, -0.1) is 0 Å². The molecule has 112 valence electrons. The highest BCUT2D eigenvalue weighted by molar-refractivity contribution is 5.25. The molecule has 1 saturated carbocycles. The molecule has 0 bridgehead atoms. The smallest absolute Gasteiger partial charge is 0.0908 e. The fourth-order valence-electron chi connectivity index (χ4n) is 2.19. The Labute approximate surface area is 122 Å². The number of rotatable bonds is 8. The molecule has 1 aliphatic carbocycles. The van der Waals surface area contributed by atoms with Gasteiger partial charge in [-0.25, -0.2) is 0 Å². The Morgan fingerprint density at radius 3 is 2.40 bits per heavy atom. The Balaban J connectivity index is 2.18. The molecule has 2 N–H and O–H groups in total. The molecule has 3 heteroatoms. The van der Waals surface area contributed by atoms with Gasteiger partial charge < -0.3 is 15.2 Å². The van der Waals surface area contributed by atoms with E-state index in [0.717, 1.165) is 12.0 Å². The third kappa shape index (κ3) is 3.81. The van der Waals surface area contributed by atoms with E-state index in [4.69, 9.17) is 4.74 Å². The van der Waals surface area contributed by atoms with Crippen LogP contribution in [-0.4, -0.2) is 30.0 Å². The van der Waals surface area contributed by atoms with E-state index >= 15 is 0 Å². The lowest BCUT2D eigenvalue weighted by atomic mass is 9.90. The van der Waals surface area contributed by atoms with Gasteiger partial charge in [-0.05, 0) is 38.7 Å². The van der Waals surface area contributed by atoms with Crippen molar-refractivity contribution in [2.45, 2.75) is 57.2 Å². The standard InChI is InChI=1S/C17H27NO2/c1-4-16(2,3)20-13-17(12-19,18-15-10-11-15)14-8-6-5-7-9-14/h5-9,15,18-19H,4,10-13H2,1-3H3. The summed E-state index contributed by atoms with van der Waals surface area (Å²) in [6.45, 7) is 6.85. The van der Waals surface area contributed by atoms with Crippen molar-refractivity contribution in [1.82, 2.24) is 5.32 Å². The molecule has 0 heterocycles. The Morgan fingerprint density at radius 1 is 1.25 bits per heavy atom. The van der Waals surface area contributed by atoms with Crippen LogP contribution in [0, 0.1) is 0 Å². The van der Waals surface area contributed by atoms with Crippen molar-refractivity contribution in [3.8, 4) is 0 Å². The molecule has 1 aromatic carbocycles. The number of ether oxygens (including phenoxy) is 1. The summed E-state index contributed by atoms with van der Waals surface area (Å²) in [4.78, 5) is 0. The van der Waals surface area contributed by atoms with Gasteiger partial charge in [0.1, 0.15) is 0 Å². The summed E-state index contributed by atoms with van der Waals surface area (Å²) < 4.78 is 6.10. The number of nitrogens with one attached hydrogen (secondary N) is 1. The highest BCUT2D eigenvalue weighted by Gasteiger charge is 2.38. The number of aliphatic hydroxyl groups is 1. The largest absolute Gasteiger partial charge is 0.394 e. The van der Waals surface area contributed by atoms with E-state index in [1.807, 2.05) is 18.2 Å². The maximum Gasteiger partial charge on any atom is 0.0908 e. The van der Waals surface area contributed by atoms with Crippen molar-refractivity contribution in [3.05, 3.63) is 35.9 Å². The first-order valence-corrected chi connectivity index (χ1v) is 7.59. The zero-order valence-corrected chi connectivity index (χ0v) is 12.9. The van der Waals surface area contributed by atoms with E-state index in [0.29, 0.717) is 12.6 Å². The molecule has 1 atom stereocenters. The van der Waals surface area contributed by atoms with Crippen molar-refractivity contribution >= 4 is 0 Å². The summed E-state index contributed by atoms with van der Waals surface area (Å²) in [6.07, 6.45) is 3.32. The molecule has 0 amide bonds. The van der Waals surface area contributed by atoms with Crippen LogP contribution in [-0.2, 0) is 10.3 Å².